The van der Waals surface area contributed by atoms with Gasteiger partial charge in [0, 0.05) is 18.7 Å². The van der Waals surface area contributed by atoms with Gasteiger partial charge in [0.25, 0.3) is 5.91 Å². The van der Waals surface area contributed by atoms with Crippen LogP contribution in [0.1, 0.15) is 42.6 Å². The molecule has 0 spiro atoms. The van der Waals surface area contributed by atoms with Crippen LogP contribution in [0.15, 0.2) is 24.3 Å². The number of carbonyl (C=O) groups excluding carboxylic acids is 3. The molecule has 3 rings (SSSR count). The van der Waals surface area contributed by atoms with Crippen molar-refractivity contribution in [3.8, 4) is 0 Å². The Labute approximate surface area is 147 Å². The second-order valence-corrected chi connectivity index (χ2v) is 6.99. The second-order valence-electron chi connectivity index (χ2n) is 6.99. The molecule has 1 aromatic rings. The van der Waals surface area contributed by atoms with E-state index in [1.54, 1.807) is 15.9 Å². The van der Waals surface area contributed by atoms with Crippen LogP contribution >= 0.6 is 0 Å². The zero-order valence-electron chi connectivity index (χ0n) is 14.9. The van der Waals surface area contributed by atoms with Gasteiger partial charge >= 0.3 is 5.97 Å². The number of amides is 2. The number of methoxy groups -OCH3 is 1. The van der Waals surface area contributed by atoms with Crippen LogP contribution in [0.2, 0.25) is 0 Å². The summed E-state index contributed by atoms with van der Waals surface area (Å²) in [5, 5.41) is 0. The van der Waals surface area contributed by atoms with Crippen molar-refractivity contribution in [1.82, 2.24) is 9.80 Å². The highest BCUT2D eigenvalue weighted by atomic mass is 16.5. The summed E-state index contributed by atoms with van der Waals surface area (Å²) in [6.45, 7) is 4.82. The molecule has 2 heterocycles. The van der Waals surface area contributed by atoms with Crippen molar-refractivity contribution in [1.29, 1.82) is 0 Å². The van der Waals surface area contributed by atoms with Crippen LogP contribution in [0.25, 0.3) is 0 Å². The lowest BCUT2D eigenvalue weighted by Crippen LogP contribution is -2.54. The van der Waals surface area contributed by atoms with Gasteiger partial charge in [-0.25, -0.2) is 4.79 Å². The molecule has 2 atom stereocenters. The smallest absolute Gasteiger partial charge is 0.328 e. The lowest BCUT2D eigenvalue weighted by molar-refractivity contribution is -0.153. The molecule has 0 aromatic heterocycles. The third-order valence-electron chi connectivity index (χ3n) is 5.08. The van der Waals surface area contributed by atoms with Gasteiger partial charge in [-0.05, 0) is 30.4 Å². The lowest BCUT2D eigenvalue weighted by atomic mass is 10.0. The average molecular weight is 344 g/mol. The number of benzene rings is 1. The summed E-state index contributed by atoms with van der Waals surface area (Å²) in [6, 6.07) is 6.33. The van der Waals surface area contributed by atoms with E-state index >= 15 is 0 Å². The molecule has 0 bridgehead atoms. The Bertz CT molecular complexity index is 700. The second kappa shape index (κ2) is 6.86. The highest BCUT2D eigenvalue weighted by Gasteiger charge is 2.43. The van der Waals surface area contributed by atoms with Gasteiger partial charge in [0.05, 0.1) is 7.11 Å². The van der Waals surface area contributed by atoms with E-state index in [2.05, 4.69) is 0 Å². The fourth-order valence-electron chi connectivity index (χ4n) is 3.86. The molecule has 1 aromatic carbocycles. The maximum absolute atomic E-state index is 13.2. The first-order valence-electron chi connectivity index (χ1n) is 8.73. The summed E-state index contributed by atoms with van der Waals surface area (Å²) < 4.78 is 4.84. The van der Waals surface area contributed by atoms with Crippen molar-refractivity contribution in [2.45, 2.75) is 45.3 Å². The van der Waals surface area contributed by atoms with Gasteiger partial charge in [-0.2, -0.15) is 0 Å². The molecule has 0 radical (unpaired) electrons. The quantitative estimate of drug-likeness (QED) is 0.782. The molecule has 0 unspecified atom stereocenters. The topological polar surface area (TPSA) is 66.9 Å². The van der Waals surface area contributed by atoms with Gasteiger partial charge < -0.3 is 14.5 Å². The molecular formula is C19H24N2O4. The molecule has 0 N–H and O–H groups in total. The van der Waals surface area contributed by atoms with Crippen molar-refractivity contribution >= 4 is 17.8 Å². The first-order chi connectivity index (χ1) is 12.0. The van der Waals surface area contributed by atoms with Gasteiger partial charge in [-0.1, -0.05) is 32.0 Å². The molecule has 2 amide bonds. The van der Waals surface area contributed by atoms with E-state index in [4.69, 9.17) is 4.74 Å². The van der Waals surface area contributed by atoms with Crippen LogP contribution in [-0.4, -0.2) is 53.3 Å². The fraction of sp³-hybridized carbons (Fsp3) is 0.526. The number of hydrogen-bond acceptors (Lipinski definition) is 4. The molecule has 6 nitrogen and oxygen atoms in total. The third kappa shape index (κ3) is 3.01. The SMILES string of the molecule is COC(=O)[C@@H]1CCCN1C(=O)[C@H](C(C)C)N1Cc2ccccc2C1=O. The lowest BCUT2D eigenvalue weighted by Gasteiger charge is -2.34. The van der Waals surface area contributed by atoms with Crippen LogP contribution in [0, 0.1) is 5.92 Å². The first-order valence-corrected chi connectivity index (χ1v) is 8.73. The van der Waals surface area contributed by atoms with E-state index in [0.29, 0.717) is 25.1 Å². The third-order valence-corrected chi connectivity index (χ3v) is 5.08. The van der Waals surface area contributed by atoms with Gasteiger partial charge in [-0.15, -0.1) is 0 Å². The van der Waals surface area contributed by atoms with E-state index in [1.807, 2.05) is 32.0 Å². The zero-order valence-corrected chi connectivity index (χ0v) is 14.9. The van der Waals surface area contributed by atoms with Crippen molar-refractivity contribution in [2.24, 2.45) is 5.92 Å². The maximum atomic E-state index is 13.2. The highest BCUT2D eigenvalue weighted by Crippen LogP contribution is 2.30. The summed E-state index contributed by atoms with van der Waals surface area (Å²) >= 11 is 0. The molecular weight excluding hydrogens is 320 g/mol. The fourth-order valence-corrected chi connectivity index (χ4v) is 3.86. The first kappa shape index (κ1) is 17.5. The standard InChI is InChI=1S/C19H24N2O4/c1-12(2)16(18(23)20-10-6-9-15(20)19(24)25-3)21-11-13-7-4-5-8-14(13)17(21)22/h4-5,7-8,12,15-16H,6,9-11H2,1-3H3/t15-,16-/m0/s1. The molecule has 1 fully saturated rings. The molecule has 0 saturated carbocycles. The number of esters is 1. The zero-order chi connectivity index (χ0) is 18.1. The Morgan fingerprint density at radius 2 is 1.96 bits per heavy atom. The number of hydrogen-bond donors (Lipinski definition) is 0. The van der Waals surface area contributed by atoms with Crippen molar-refractivity contribution in [2.75, 3.05) is 13.7 Å². The Kier molecular flexibility index (Phi) is 4.79. The normalized spacial score (nSPS) is 20.8. The van der Waals surface area contributed by atoms with Crippen LogP contribution in [0.3, 0.4) is 0 Å². The Morgan fingerprint density at radius 1 is 1.24 bits per heavy atom. The molecule has 134 valence electrons. The van der Waals surface area contributed by atoms with Gasteiger partial charge in [0.15, 0.2) is 0 Å². The molecule has 25 heavy (non-hydrogen) atoms. The molecule has 6 heteroatoms. The summed E-state index contributed by atoms with van der Waals surface area (Å²) in [7, 11) is 1.34. The summed E-state index contributed by atoms with van der Waals surface area (Å²) in [4.78, 5) is 41.2. The minimum absolute atomic E-state index is 0.0512. The number of ether oxygens (including phenoxy) is 1. The largest absolute Gasteiger partial charge is 0.467 e. The van der Waals surface area contributed by atoms with Crippen LogP contribution in [0.4, 0.5) is 0 Å². The number of likely N-dealkylation sites (tertiary alicyclic amines) is 1. The van der Waals surface area contributed by atoms with E-state index in [1.165, 1.54) is 7.11 Å². The number of rotatable bonds is 4. The maximum Gasteiger partial charge on any atom is 0.328 e. The number of fused-ring (bicyclic) bond motifs is 1. The molecule has 2 aliphatic rings. The minimum atomic E-state index is -0.579. The van der Waals surface area contributed by atoms with Crippen LogP contribution in [-0.2, 0) is 20.9 Å². The number of carbonyl (C=O) groups is 3. The van der Waals surface area contributed by atoms with Crippen LogP contribution < -0.4 is 0 Å². The van der Waals surface area contributed by atoms with Crippen molar-refractivity contribution in [3.63, 3.8) is 0 Å². The predicted molar refractivity (Wildman–Crippen MR) is 91.7 cm³/mol. The number of nitrogens with zero attached hydrogens (tertiary/aromatic N) is 2. The summed E-state index contributed by atoms with van der Waals surface area (Å²) in [5.74, 6) is -0.713. The Morgan fingerprint density at radius 3 is 2.60 bits per heavy atom. The van der Waals surface area contributed by atoms with Crippen molar-refractivity contribution < 1.29 is 19.1 Å². The van der Waals surface area contributed by atoms with Gasteiger partial charge in [0.2, 0.25) is 5.91 Å². The average Bonchev–Trinajstić information content (AvgIpc) is 3.20. The Hall–Kier alpha value is -2.37. The summed E-state index contributed by atoms with van der Waals surface area (Å²) in [5.41, 5.74) is 1.60. The van der Waals surface area contributed by atoms with E-state index in [9.17, 15) is 14.4 Å². The molecule has 2 aliphatic heterocycles. The molecule has 0 aliphatic carbocycles. The van der Waals surface area contributed by atoms with Crippen molar-refractivity contribution in [3.05, 3.63) is 35.4 Å². The van der Waals surface area contributed by atoms with Crippen LogP contribution in [0.5, 0.6) is 0 Å². The monoisotopic (exact) mass is 344 g/mol. The van der Waals surface area contributed by atoms with E-state index in [-0.39, 0.29) is 23.7 Å². The highest BCUT2D eigenvalue weighted by molar-refractivity contribution is 6.01. The Balaban J connectivity index is 1.86. The van der Waals surface area contributed by atoms with E-state index < -0.39 is 12.1 Å². The predicted octanol–water partition coefficient (Wildman–Crippen LogP) is 1.83. The van der Waals surface area contributed by atoms with Gasteiger partial charge in [-0.3, -0.25) is 9.59 Å². The van der Waals surface area contributed by atoms with Gasteiger partial charge in [0.1, 0.15) is 12.1 Å². The minimum Gasteiger partial charge on any atom is -0.467 e. The molecule has 1 saturated heterocycles. The summed E-state index contributed by atoms with van der Waals surface area (Å²) in [6.07, 6.45) is 1.38. The van der Waals surface area contributed by atoms with E-state index in [0.717, 1.165) is 12.0 Å².